The molecule has 0 bridgehead atoms. The molecule has 1 aliphatic heterocycles. The second-order valence-electron chi connectivity index (χ2n) is 7.32. The highest BCUT2D eigenvalue weighted by Crippen LogP contribution is 2.25. The van der Waals surface area contributed by atoms with E-state index in [4.69, 9.17) is 0 Å². The second kappa shape index (κ2) is 7.05. The van der Waals surface area contributed by atoms with Gasteiger partial charge in [-0.25, -0.2) is 9.97 Å². The van der Waals surface area contributed by atoms with Gasteiger partial charge in [0.05, 0.1) is 29.6 Å². The number of fused-ring (bicyclic) bond motifs is 1. The Kier molecular flexibility index (Phi) is 4.25. The smallest absolute Gasteiger partial charge is 0.227 e. The molecule has 0 aliphatic carbocycles. The van der Waals surface area contributed by atoms with E-state index in [-0.39, 0.29) is 0 Å². The molecule has 28 heavy (non-hydrogen) atoms. The fraction of sp³-hybridized carbons (Fsp3) is 0.300. The van der Waals surface area contributed by atoms with E-state index >= 15 is 0 Å². The maximum Gasteiger partial charge on any atom is 0.227 e. The van der Waals surface area contributed by atoms with Gasteiger partial charge in [0.15, 0.2) is 0 Å². The maximum absolute atomic E-state index is 4.64. The van der Waals surface area contributed by atoms with Gasteiger partial charge < -0.3 is 10.2 Å². The lowest BCUT2D eigenvalue weighted by atomic mass is 10.1. The minimum Gasteiger partial charge on any atom is -0.321 e. The van der Waals surface area contributed by atoms with Crippen LogP contribution in [-0.4, -0.2) is 55.0 Å². The van der Waals surface area contributed by atoms with Gasteiger partial charge in [0.2, 0.25) is 5.95 Å². The lowest BCUT2D eigenvalue weighted by Gasteiger charge is -2.28. The van der Waals surface area contributed by atoms with Crippen LogP contribution in [0.15, 0.2) is 49.2 Å². The van der Waals surface area contributed by atoms with Crippen LogP contribution >= 0.6 is 0 Å². The predicted molar refractivity (Wildman–Crippen MR) is 108 cm³/mol. The van der Waals surface area contributed by atoms with E-state index in [0.717, 1.165) is 53.6 Å². The summed E-state index contributed by atoms with van der Waals surface area (Å²) < 4.78 is 2.06. The van der Waals surface area contributed by atoms with Gasteiger partial charge in [-0.15, -0.1) is 0 Å². The van der Waals surface area contributed by atoms with E-state index in [2.05, 4.69) is 53.3 Å². The summed E-state index contributed by atoms with van der Waals surface area (Å²) in [5.74, 6) is 0.575. The molecule has 4 heterocycles. The molecule has 0 amide bonds. The highest BCUT2D eigenvalue weighted by atomic mass is 15.3. The maximum atomic E-state index is 4.64. The molecule has 0 radical (unpaired) electrons. The number of nitrogens with zero attached hydrogens (tertiary/aromatic N) is 6. The van der Waals surface area contributed by atoms with Crippen LogP contribution in [0.4, 0.5) is 11.6 Å². The van der Waals surface area contributed by atoms with Gasteiger partial charge in [-0.3, -0.25) is 9.78 Å². The van der Waals surface area contributed by atoms with Crippen LogP contribution in [0.5, 0.6) is 0 Å². The van der Waals surface area contributed by atoms with Gasteiger partial charge in [-0.1, -0.05) is 6.07 Å². The second-order valence-corrected chi connectivity index (χ2v) is 7.32. The molecule has 1 saturated heterocycles. The molecule has 4 aromatic rings. The van der Waals surface area contributed by atoms with Crippen molar-refractivity contribution in [1.82, 2.24) is 34.8 Å². The molecule has 1 fully saturated rings. The van der Waals surface area contributed by atoms with E-state index in [1.807, 2.05) is 36.9 Å². The first-order valence-corrected chi connectivity index (χ1v) is 9.50. The summed E-state index contributed by atoms with van der Waals surface area (Å²) in [7, 11) is 2.17. The first-order chi connectivity index (χ1) is 13.7. The van der Waals surface area contributed by atoms with Gasteiger partial charge in [-0.05, 0) is 50.7 Å². The number of piperidine rings is 1. The van der Waals surface area contributed by atoms with Crippen molar-refractivity contribution < 1.29 is 0 Å². The standard InChI is InChI=1S/C20H22N8/c1-27-6-4-18(5-7-27)28-13-17(12-24-28)25-20-21-9-15-8-14(2-3-19(15)26-20)16-10-22-23-11-16/h2-3,8-13,18H,4-7H2,1H3,(H,22,23)(H,21,25,26). The highest BCUT2D eigenvalue weighted by Gasteiger charge is 2.19. The summed E-state index contributed by atoms with van der Waals surface area (Å²) in [6.07, 6.45) is 11.7. The number of hydrogen-bond donors (Lipinski definition) is 2. The third-order valence-electron chi connectivity index (χ3n) is 5.33. The molecular formula is C20H22N8. The van der Waals surface area contributed by atoms with Crippen molar-refractivity contribution >= 4 is 22.5 Å². The normalized spacial score (nSPS) is 15.9. The zero-order chi connectivity index (χ0) is 18.9. The number of nitrogens with one attached hydrogen (secondary N) is 2. The summed E-state index contributed by atoms with van der Waals surface area (Å²) in [6.45, 7) is 2.23. The molecular weight excluding hydrogens is 352 g/mol. The summed E-state index contributed by atoms with van der Waals surface area (Å²) in [5.41, 5.74) is 3.94. The third-order valence-corrected chi connectivity index (χ3v) is 5.33. The minimum absolute atomic E-state index is 0.464. The SMILES string of the molecule is CN1CCC(n2cc(Nc3ncc4cc(-c5cn[nH]c5)ccc4n3)cn2)CC1. The van der Waals surface area contributed by atoms with Crippen LogP contribution in [0.25, 0.3) is 22.0 Å². The van der Waals surface area contributed by atoms with Crippen molar-refractivity contribution in [2.24, 2.45) is 0 Å². The Labute approximate surface area is 162 Å². The Morgan fingerprint density at radius 3 is 2.82 bits per heavy atom. The molecule has 1 aliphatic rings. The van der Waals surface area contributed by atoms with Crippen LogP contribution in [0.3, 0.4) is 0 Å². The fourth-order valence-corrected chi connectivity index (χ4v) is 3.67. The number of likely N-dealkylation sites (tertiary alicyclic amines) is 1. The number of H-pyrrole nitrogens is 1. The highest BCUT2D eigenvalue weighted by molar-refractivity contribution is 5.84. The first kappa shape index (κ1) is 16.9. The molecule has 0 atom stereocenters. The minimum atomic E-state index is 0.464. The molecule has 8 heteroatoms. The molecule has 3 aromatic heterocycles. The Bertz CT molecular complexity index is 1080. The Hall–Kier alpha value is -3.26. The summed E-state index contributed by atoms with van der Waals surface area (Å²) in [4.78, 5) is 11.5. The van der Waals surface area contributed by atoms with Gasteiger partial charge in [-0.2, -0.15) is 10.2 Å². The Morgan fingerprint density at radius 2 is 2.00 bits per heavy atom. The van der Waals surface area contributed by atoms with Crippen LogP contribution in [0, 0.1) is 0 Å². The number of aromatic nitrogens is 6. The first-order valence-electron chi connectivity index (χ1n) is 9.50. The fourth-order valence-electron chi connectivity index (χ4n) is 3.67. The number of hydrogen-bond acceptors (Lipinski definition) is 6. The van der Waals surface area contributed by atoms with Crippen molar-refractivity contribution in [1.29, 1.82) is 0 Å². The molecule has 142 valence electrons. The zero-order valence-corrected chi connectivity index (χ0v) is 15.7. The number of aromatic amines is 1. The molecule has 8 nitrogen and oxygen atoms in total. The number of rotatable bonds is 4. The van der Waals surface area contributed by atoms with Gasteiger partial charge in [0, 0.05) is 29.5 Å². The number of benzene rings is 1. The van der Waals surface area contributed by atoms with Crippen LogP contribution in [0.1, 0.15) is 18.9 Å². The average molecular weight is 374 g/mol. The topological polar surface area (TPSA) is 87.5 Å². The van der Waals surface area contributed by atoms with Crippen molar-refractivity contribution in [3.63, 3.8) is 0 Å². The van der Waals surface area contributed by atoms with Crippen molar-refractivity contribution in [3.8, 4) is 11.1 Å². The van der Waals surface area contributed by atoms with Gasteiger partial charge in [0.25, 0.3) is 0 Å². The molecule has 0 saturated carbocycles. The van der Waals surface area contributed by atoms with Gasteiger partial charge in [0.1, 0.15) is 0 Å². The quantitative estimate of drug-likeness (QED) is 0.570. The van der Waals surface area contributed by atoms with E-state index < -0.39 is 0 Å². The molecule has 2 N–H and O–H groups in total. The molecule has 0 spiro atoms. The molecule has 1 aromatic carbocycles. The monoisotopic (exact) mass is 374 g/mol. The lowest BCUT2D eigenvalue weighted by molar-refractivity contribution is 0.212. The van der Waals surface area contributed by atoms with E-state index in [1.165, 1.54) is 0 Å². The molecule has 0 unspecified atom stereocenters. The Morgan fingerprint density at radius 1 is 1.11 bits per heavy atom. The Balaban J connectivity index is 1.33. The van der Waals surface area contributed by atoms with Crippen molar-refractivity contribution in [2.75, 3.05) is 25.5 Å². The van der Waals surface area contributed by atoms with Crippen LogP contribution in [0.2, 0.25) is 0 Å². The van der Waals surface area contributed by atoms with Crippen molar-refractivity contribution in [2.45, 2.75) is 18.9 Å². The lowest BCUT2D eigenvalue weighted by Crippen LogP contribution is -2.31. The number of anilines is 2. The van der Waals surface area contributed by atoms with E-state index in [0.29, 0.717) is 12.0 Å². The summed E-state index contributed by atoms with van der Waals surface area (Å²) >= 11 is 0. The van der Waals surface area contributed by atoms with E-state index in [9.17, 15) is 0 Å². The molecule has 5 rings (SSSR count). The average Bonchev–Trinajstić information content (AvgIpc) is 3.41. The van der Waals surface area contributed by atoms with Crippen molar-refractivity contribution in [3.05, 3.63) is 49.2 Å². The van der Waals surface area contributed by atoms with E-state index in [1.54, 1.807) is 6.20 Å². The predicted octanol–water partition coefficient (Wildman–Crippen LogP) is 3.23. The van der Waals surface area contributed by atoms with Crippen LogP contribution < -0.4 is 5.32 Å². The summed E-state index contributed by atoms with van der Waals surface area (Å²) in [5, 5.41) is 15.6. The zero-order valence-electron chi connectivity index (χ0n) is 15.7. The third kappa shape index (κ3) is 3.34. The van der Waals surface area contributed by atoms with Gasteiger partial charge >= 0.3 is 0 Å². The van der Waals surface area contributed by atoms with Crippen LogP contribution in [-0.2, 0) is 0 Å². The summed E-state index contributed by atoms with van der Waals surface area (Å²) in [6, 6.07) is 6.59. The largest absolute Gasteiger partial charge is 0.321 e.